The Kier molecular flexibility index (Phi) is 5.67. The number of halogens is 1. The minimum Gasteiger partial charge on any atom is -0.293 e. The summed E-state index contributed by atoms with van der Waals surface area (Å²) in [6, 6.07) is 4.30. The SMILES string of the molecule is CN=C(C)/C=C(\N=C(C)C)c1cc(C)c(Br)c(C)c1. The summed E-state index contributed by atoms with van der Waals surface area (Å²) in [5, 5.41) is 0. The van der Waals surface area contributed by atoms with Crippen molar-refractivity contribution < 1.29 is 0 Å². The lowest BCUT2D eigenvalue weighted by atomic mass is 10.0. The van der Waals surface area contributed by atoms with E-state index in [-0.39, 0.29) is 0 Å². The zero-order valence-corrected chi connectivity index (χ0v) is 14.1. The zero-order chi connectivity index (χ0) is 14.6. The van der Waals surface area contributed by atoms with Gasteiger partial charge < -0.3 is 0 Å². The fraction of sp³-hybridized carbons (Fsp3) is 0.375. The Hall–Kier alpha value is -1.22. The van der Waals surface area contributed by atoms with Gasteiger partial charge in [-0.3, -0.25) is 9.98 Å². The van der Waals surface area contributed by atoms with E-state index in [4.69, 9.17) is 0 Å². The summed E-state index contributed by atoms with van der Waals surface area (Å²) >= 11 is 3.60. The Morgan fingerprint density at radius 1 is 1.11 bits per heavy atom. The summed E-state index contributed by atoms with van der Waals surface area (Å²) in [4.78, 5) is 8.81. The van der Waals surface area contributed by atoms with Crippen LogP contribution in [0.15, 0.2) is 32.7 Å². The standard InChI is InChI=1S/C16H21BrN2/c1-10(2)19-15(9-13(5)18-6)14-7-11(3)16(17)12(4)8-14/h7-9H,1-6H3/b15-9-,18-13?. The molecule has 1 rings (SSSR count). The highest BCUT2D eigenvalue weighted by Crippen LogP contribution is 2.27. The third kappa shape index (κ3) is 4.43. The highest BCUT2D eigenvalue weighted by Gasteiger charge is 2.06. The molecule has 0 radical (unpaired) electrons. The predicted octanol–water partition coefficient (Wildman–Crippen LogP) is 4.98. The molecule has 0 atom stereocenters. The van der Waals surface area contributed by atoms with Crippen LogP contribution >= 0.6 is 15.9 Å². The molecular weight excluding hydrogens is 300 g/mol. The minimum atomic E-state index is 0.960. The molecule has 0 heterocycles. The normalized spacial score (nSPS) is 12.6. The Bertz CT molecular complexity index is 539. The van der Waals surface area contributed by atoms with E-state index in [0.717, 1.165) is 27.2 Å². The topological polar surface area (TPSA) is 24.7 Å². The first-order chi connectivity index (χ1) is 8.85. The largest absolute Gasteiger partial charge is 0.293 e. The van der Waals surface area contributed by atoms with Gasteiger partial charge in [-0.2, -0.15) is 0 Å². The number of rotatable bonds is 3. The van der Waals surface area contributed by atoms with Crippen molar-refractivity contribution in [2.24, 2.45) is 9.98 Å². The number of aryl methyl sites for hydroxylation is 2. The summed E-state index contributed by atoms with van der Waals surface area (Å²) in [6.45, 7) is 10.2. The van der Waals surface area contributed by atoms with E-state index in [2.05, 4.69) is 51.9 Å². The molecule has 0 aliphatic heterocycles. The molecule has 3 heteroatoms. The summed E-state index contributed by atoms with van der Waals surface area (Å²) in [5.74, 6) is 0. The van der Waals surface area contributed by atoms with Crippen LogP contribution in [0.4, 0.5) is 0 Å². The maximum Gasteiger partial charge on any atom is 0.0719 e. The van der Waals surface area contributed by atoms with Gasteiger partial charge in [0.15, 0.2) is 0 Å². The first-order valence-electron chi connectivity index (χ1n) is 6.29. The molecule has 0 saturated carbocycles. The summed E-state index contributed by atoms with van der Waals surface area (Å²) in [7, 11) is 1.80. The average Bonchev–Trinajstić information content (AvgIpc) is 2.33. The van der Waals surface area contributed by atoms with E-state index in [1.54, 1.807) is 7.05 Å². The van der Waals surface area contributed by atoms with Crippen LogP contribution in [-0.2, 0) is 0 Å². The van der Waals surface area contributed by atoms with Crippen molar-refractivity contribution in [3.8, 4) is 0 Å². The van der Waals surface area contributed by atoms with Crippen LogP contribution in [0.3, 0.4) is 0 Å². The molecule has 0 N–H and O–H groups in total. The van der Waals surface area contributed by atoms with Gasteiger partial charge in [-0.15, -0.1) is 0 Å². The monoisotopic (exact) mass is 320 g/mol. The van der Waals surface area contributed by atoms with Gasteiger partial charge in [-0.25, -0.2) is 0 Å². The molecule has 0 bridgehead atoms. The highest BCUT2D eigenvalue weighted by atomic mass is 79.9. The molecule has 0 aromatic heterocycles. The van der Waals surface area contributed by atoms with Crippen LogP contribution in [0.1, 0.15) is 37.5 Å². The maximum absolute atomic E-state index is 4.63. The Labute approximate surface area is 124 Å². The van der Waals surface area contributed by atoms with Crippen molar-refractivity contribution >= 4 is 33.1 Å². The molecule has 0 aliphatic rings. The van der Waals surface area contributed by atoms with Crippen LogP contribution in [0.2, 0.25) is 0 Å². The van der Waals surface area contributed by atoms with E-state index >= 15 is 0 Å². The quantitative estimate of drug-likeness (QED) is 0.702. The molecule has 2 nitrogen and oxygen atoms in total. The number of hydrogen-bond donors (Lipinski definition) is 0. The molecule has 0 spiro atoms. The highest BCUT2D eigenvalue weighted by molar-refractivity contribution is 9.10. The van der Waals surface area contributed by atoms with E-state index in [9.17, 15) is 0 Å². The van der Waals surface area contributed by atoms with Crippen molar-refractivity contribution in [3.63, 3.8) is 0 Å². The molecule has 1 aromatic rings. The second kappa shape index (κ2) is 6.80. The fourth-order valence-electron chi connectivity index (χ4n) is 1.78. The molecular formula is C16H21BrN2. The van der Waals surface area contributed by atoms with Crippen LogP contribution < -0.4 is 0 Å². The van der Waals surface area contributed by atoms with Gasteiger partial charge in [0.2, 0.25) is 0 Å². The van der Waals surface area contributed by atoms with Crippen molar-refractivity contribution in [1.29, 1.82) is 0 Å². The minimum absolute atomic E-state index is 0.960. The number of aliphatic imine (C=N–C) groups is 2. The Balaban J connectivity index is 3.42. The van der Waals surface area contributed by atoms with Crippen molar-refractivity contribution in [1.82, 2.24) is 0 Å². The molecule has 0 aliphatic carbocycles. The number of allylic oxidation sites excluding steroid dienone is 1. The van der Waals surface area contributed by atoms with E-state index < -0.39 is 0 Å². The van der Waals surface area contributed by atoms with Crippen molar-refractivity contribution in [2.45, 2.75) is 34.6 Å². The molecule has 19 heavy (non-hydrogen) atoms. The molecule has 0 amide bonds. The van der Waals surface area contributed by atoms with Crippen LogP contribution in [0, 0.1) is 13.8 Å². The second-order valence-electron chi connectivity index (χ2n) is 4.88. The van der Waals surface area contributed by atoms with Crippen LogP contribution in [-0.4, -0.2) is 18.5 Å². The van der Waals surface area contributed by atoms with E-state index in [1.807, 2.05) is 26.8 Å². The first kappa shape index (κ1) is 15.8. The maximum atomic E-state index is 4.63. The number of hydrogen-bond acceptors (Lipinski definition) is 2. The summed E-state index contributed by atoms with van der Waals surface area (Å²) < 4.78 is 1.16. The lowest BCUT2D eigenvalue weighted by Gasteiger charge is -2.09. The summed E-state index contributed by atoms with van der Waals surface area (Å²) in [5.41, 5.74) is 6.53. The Morgan fingerprint density at radius 3 is 2.05 bits per heavy atom. The van der Waals surface area contributed by atoms with E-state index in [0.29, 0.717) is 0 Å². The molecule has 0 fully saturated rings. The smallest absolute Gasteiger partial charge is 0.0719 e. The first-order valence-corrected chi connectivity index (χ1v) is 7.08. The van der Waals surface area contributed by atoms with Gasteiger partial charge in [0.1, 0.15) is 0 Å². The van der Waals surface area contributed by atoms with Gasteiger partial charge >= 0.3 is 0 Å². The lowest BCUT2D eigenvalue weighted by molar-refractivity contribution is 1.31. The fourth-order valence-corrected chi connectivity index (χ4v) is 2.01. The van der Waals surface area contributed by atoms with E-state index in [1.165, 1.54) is 11.1 Å². The van der Waals surface area contributed by atoms with Crippen molar-refractivity contribution in [2.75, 3.05) is 7.05 Å². The van der Waals surface area contributed by atoms with Crippen LogP contribution in [0.25, 0.3) is 5.70 Å². The van der Waals surface area contributed by atoms with Gasteiger partial charge in [0.25, 0.3) is 0 Å². The second-order valence-corrected chi connectivity index (χ2v) is 5.67. The molecule has 0 saturated heterocycles. The molecule has 0 unspecified atom stereocenters. The zero-order valence-electron chi connectivity index (χ0n) is 12.5. The van der Waals surface area contributed by atoms with Gasteiger partial charge in [-0.1, -0.05) is 15.9 Å². The van der Waals surface area contributed by atoms with Crippen molar-refractivity contribution in [3.05, 3.63) is 39.4 Å². The van der Waals surface area contributed by atoms with Gasteiger partial charge in [-0.05, 0) is 64.0 Å². The Morgan fingerprint density at radius 2 is 1.63 bits per heavy atom. The van der Waals surface area contributed by atoms with Gasteiger partial charge in [0.05, 0.1) is 5.70 Å². The number of nitrogens with zero attached hydrogens (tertiary/aromatic N) is 2. The number of benzene rings is 1. The molecule has 1 aromatic carbocycles. The van der Waals surface area contributed by atoms with Crippen LogP contribution in [0.5, 0.6) is 0 Å². The molecule has 102 valence electrons. The lowest BCUT2D eigenvalue weighted by Crippen LogP contribution is -1.94. The third-order valence-corrected chi connectivity index (χ3v) is 4.03. The van der Waals surface area contributed by atoms with Gasteiger partial charge in [0, 0.05) is 28.5 Å². The average molecular weight is 321 g/mol. The summed E-state index contributed by atoms with van der Waals surface area (Å²) in [6.07, 6.45) is 2.02. The predicted molar refractivity (Wildman–Crippen MR) is 89.4 cm³/mol. The third-order valence-electron chi connectivity index (χ3n) is 2.77.